The minimum absolute atomic E-state index is 0.138. The summed E-state index contributed by atoms with van der Waals surface area (Å²) in [6.07, 6.45) is 1.82. The number of rotatable bonds is 5. The summed E-state index contributed by atoms with van der Waals surface area (Å²) >= 11 is 0. The fraction of sp³-hybridized carbons (Fsp3) is 0.350. The minimum atomic E-state index is -0.859. The van der Waals surface area contributed by atoms with Gasteiger partial charge in [0.1, 0.15) is 0 Å². The fourth-order valence-corrected chi connectivity index (χ4v) is 2.98. The average molecular weight is 325 g/mol. The van der Waals surface area contributed by atoms with E-state index < -0.39 is 5.60 Å². The number of benzene rings is 2. The van der Waals surface area contributed by atoms with Gasteiger partial charge in [-0.15, -0.1) is 0 Å². The molecule has 1 fully saturated rings. The molecule has 126 valence electrons. The van der Waals surface area contributed by atoms with Crippen molar-refractivity contribution in [1.29, 1.82) is 0 Å². The molecule has 0 radical (unpaired) electrons. The SMILES string of the molecule is O=C(NCC1(O)CCOCC1)c1ccccc1Cc1ccccc1. The Balaban J connectivity index is 1.68. The van der Waals surface area contributed by atoms with Gasteiger partial charge in [-0.05, 0) is 23.6 Å². The molecule has 2 N–H and O–H groups in total. The molecule has 4 heteroatoms. The van der Waals surface area contributed by atoms with Crippen LogP contribution >= 0.6 is 0 Å². The second kappa shape index (κ2) is 7.60. The maximum Gasteiger partial charge on any atom is 0.251 e. The molecule has 0 spiro atoms. The van der Waals surface area contributed by atoms with Crippen LogP contribution in [0.3, 0.4) is 0 Å². The van der Waals surface area contributed by atoms with E-state index in [1.165, 1.54) is 5.56 Å². The Labute approximate surface area is 142 Å². The first kappa shape index (κ1) is 16.7. The van der Waals surface area contributed by atoms with Crippen molar-refractivity contribution in [3.05, 3.63) is 71.3 Å². The number of ether oxygens (including phenoxy) is 1. The van der Waals surface area contributed by atoms with E-state index in [2.05, 4.69) is 17.4 Å². The van der Waals surface area contributed by atoms with E-state index >= 15 is 0 Å². The van der Waals surface area contributed by atoms with Crippen LogP contribution in [-0.4, -0.2) is 36.4 Å². The third-order valence-corrected chi connectivity index (χ3v) is 4.50. The predicted molar refractivity (Wildman–Crippen MR) is 93.0 cm³/mol. The first-order chi connectivity index (χ1) is 11.7. The quantitative estimate of drug-likeness (QED) is 0.888. The molecular weight excluding hydrogens is 302 g/mol. The van der Waals surface area contributed by atoms with Crippen molar-refractivity contribution >= 4 is 5.91 Å². The summed E-state index contributed by atoms with van der Waals surface area (Å²) in [5.74, 6) is -0.138. The molecule has 2 aromatic rings. The smallest absolute Gasteiger partial charge is 0.251 e. The molecule has 1 aliphatic heterocycles. The van der Waals surface area contributed by atoms with Crippen LogP contribution in [0.1, 0.15) is 34.3 Å². The molecule has 0 unspecified atom stereocenters. The van der Waals surface area contributed by atoms with Crippen LogP contribution in [0.5, 0.6) is 0 Å². The highest BCUT2D eigenvalue weighted by Crippen LogP contribution is 2.20. The van der Waals surface area contributed by atoms with Crippen LogP contribution in [0.4, 0.5) is 0 Å². The first-order valence-electron chi connectivity index (χ1n) is 8.36. The van der Waals surface area contributed by atoms with E-state index in [1.807, 2.05) is 42.5 Å². The van der Waals surface area contributed by atoms with Gasteiger partial charge in [-0.2, -0.15) is 0 Å². The van der Waals surface area contributed by atoms with Gasteiger partial charge in [0.15, 0.2) is 0 Å². The zero-order valence-electron chi connectivity index (χ0n) is 13.7. The average Bonchev–Trinajstić information content (AvgIpc) is 2.62. The van der Waals surface area contributed by atoms with Gasteiger partial charge in [0.25, 0.3) is 5.91 Å². The number of hydrogen-bond donors (Lipinski definition) is 2. The Kier molecular flexibility index (Phi) is 5.28. The molecule has 2 aromatic carbocycles. The van der Waals surface area contributed by atoms with Gasteiger partial charge in [-0.1, -0.05) is 48.5 Å². The van der Waals surface area contributed by atoms with Gasteiger partial charge in [0.05, 0.1) is 5.60 Å². The normalized spacial score (nSPS) is 16.5. The van der Waals surface area contributed by atoms with Gasteiger partial charge >= 0.3 is 0 Å². The monoisotopic (exact) mass is 325 g/mol. The minimum Gasteiger partial charge on any atom is -0.388 e. The Morgan fingerprint density at radius 1 is 1.04 bits per heavy atom. The van der Waals surface area contributed by atoms with Gasteiger partial charge in [-0.25, -0.2) is 0 Å². The lowest BCUT2D eigenvalue weighted by Crippen LogP contribution is -2.46. The van der Waals surface area contributed by atoms with E-state index in [-0.39, 0.29) is 12.5 Å². The molecule has 0 atom stereocenters. The molecular formula is C20H23NO3. The van der Waals surface area contributed by atoms with E-state index in [1.54, 1.807) is 0 Å². The third-order valence-electron chi connectivity index (χ3n) is 4.50. The zero-order valence-corrected chi connectivity index (χ0v) is 13.7. The lowest BCUT2D eigenvalue weighted by Gasteiger charge is -2.32. The highest BCUT2D eigenvalue weighted by molar-refractivity contribution is 5.95. The van der Waals surface area contributed by atoms with Gasteiger partial charge < -0.3 is 15.2 Å². The molecule has 3 rings (SSSR count). The van der Waals surface area contributed by atoms with Crippen LogP contribution in [-0.2, 0) is 11.2 Å². The molecule has 1 aliphatic rings. The highest BCUT2D eigenvalue weighted by Gasteiger charge is 2.30. The Bertz CT molecular complexity index is 678. The van der Waals surface area contributed by atoms with Crippen molar-refractivity contribution in [3.63, 3.8) is 0 Å². The molecule has 1 saturated heterocycles. The van der Waals surface area contributed by atoms with Crippen molar-refractivity contribution in [2.45, 2.75) is 24.9 Å². The summed E-state index contributed by atoms with van der Waals surface area (Å²) in [5, 5.41) is 13.4. The van der Waals surface area contributed by atoms with Gasteiger partial charge in [-0.3, -0.25) is 4.79 Å². The number of nitrogens with one attached hydrogen (secondary N) is 1. The van der Waals surface area contributed by atoms with Crippen LogP contribution in [0.25, 0.3) is 0 Å². The van der Waals surface area contributed by atoms with Crippen molar-refractivity contribution in [2.24, 2.45) is 0 Å². The van der Waals surface area contributed by atoms with Crippen LogP contribution < -0.4 is 5.32 Å². The van der Waals surface area contributed by atoms with E-state index in [0.717, 1.165) is 5.56 Å². The molecule has 0 aromatic heterocycles. The molecule has 0 bridgehead atoms. The number of carbonyl (C=O) groups is 1. The molecule has 0 aliphatic carbocycles. The number of aliphatic hydroxyl groups is 1. The molecule has 24 heavy (non-hydrogen) atoms. The Morgan fingerprint density at radius 2 is 1.71 bits per heavy atom. The highest BCUT2D eigenvalue weighted by atomic mass is 16.5. The summed E-state index contributed by atoms with van der Waals surface area (Å²) in [6, 6.07) is 17.7. The lowest BCUT2D eigenvalue weighted by atomic mass is 9.94. The summed E-state index contributed by atoms with van der Waals surface area (Å²) < 4.78 is 5.27. The van der Waals surface area contributed by atoms with Crippen molar-refractivity contribution in [1.82, 2.24) is 5.32 Å². The summed E-state index contributed by atoms with van der Waals surface area (Å²) in [7, 11) is 0. The molecule has 4 nitrogen and oxygen atoms in total. The van der Waals surface area contributed by atoms with Crippen LogP contribution in [0.15, 0.2) is 54.6 Å². The number of amides is 1. The predicted octanol–water partition coefficient (Wildman–Crippen LogP) is 2.55. The summed E-state index contributed by atoms with van der Waals surface area (Å²) in [6.45, 7) is 1.34. The molecule has 1 heterocycles. The molecule has 1 amide bonds. The second-order valence-electron chi connectivity index (χ2n) is 6.34. The van der Waals surface area contributed by atoms with Gasteiger partial charge in [0, 0.05) is 38.2 Å². The molecule has 0 saturated carbocycles. The Morgan fingerprint density at radius 3 is 2.46 bits per heavy atom. The van der Waals surface area contributed by atoms with Crippen LogP contribution in [0, 0.1) is 0 Å². The zero-order chi connectivity index (χ0) is 16.8. The number of hydrogen-bond acceptors (Lipinski definition) is 3. The summed E-state index contributed by atoms with van der Waals surface area (Å²) in [5.41, 5.74) is 1.96. The van der Waals surface area contributed by atoms with Crippen LogP contribution in [0.2, 0.25) is 0 Å². The second-order valence-corrected chi connectivity index (χ2v) is 6.34. The van der Waals surface area contributed by atoms with Crippen molar-refractivity contribution in [3.8, 4) is 0 Å². The summed E-state index contributed by atoms with van der Waals surface area (Å²) in [4.78, 5) is 12.6. The maximum absolute atomic E-state index is 12.6. The van der Waals surface area contributed by atoms with E-state index in [4.69, 9.17) is 4.74 Å². The van der Waals surface area contributed by atoms with Crippen molar-refractivity contribution < 1.29 is 14.6 Å². The fourth-order valence-electron chi connectivity index (χ4n) is 2.98. The largest absolute Gasteiger partial charge is 0.388 e. The maximum atomic E-state index is 12.6. The first-order valence-corrected chi connectivity index (χ1v) is 8.36. The third kappa shape index (κ3) is 4.22. The lowest BCUT2D eigenvalue weighted by molar-refractivity contribution is -0.0605. The van der Waals surface area contributed by atoms with E-state index in [0.29, 0.717) is 38.0 Å². The van der Waals surface area contributed by atoms with E-state index in [9.17, 15) is 9.90 Å². The van der Waals surface area contributed by atoms with Crippen molar-refractivity contribution in [2.75, 3.05) is 19.8 Å². The topological polar surface area (TPSA) is 58.6 Å². The number of carbonyl (C=O) groups excluding carboxylic acids is 1. The van der Waals surface area contributed by atoms with Gasteiger partial charge in [0.2, 0.25) is 0 Å². The Hall–Kier alpha value is -2.17. The standard InChI is InChI=1S/C20H23NO3/c22-19(21-15-20(23)10-12-24-13-11-20)18-9-5-4-8-17(18)14-16-6-2-1-3-7-16/h1-9,23H,10-15H2,(H,21,22).